The average Bonchev–Trinajstić information content (AvgIpc) is 2.79. The molecular formula is C22H23ClFN5O4. The van der Waals surface area contributed by atoms with Crippen LogP contribution in [0.5, 0.6) is 0 Å². The van der Waals surface area contributed by atoms with Crippen molar-refractivity contribution in [3.8, 4) is 0 Å². The summed E-state index contributed by atoms with van der Waals surface area (Å²) in [5, 5.41) is 12.7. The molecule has 11 heteroatoms. The lowest BCUT2D eigenvalue weighted by Crippen LogP contribution is -2.43. The SMILES string of the molecule is CCN(Cc1ccc(Cl)nc1)C1=C([N+](=O)[O-])C(c2cccc(F)c2)C(C(=O)OC)=C(N)N1C. The van der Waals surface area contributed by atoms with Crippen molar-refractivity contribution in [1.29, 1.82) is 0 Å². The number of nitrogens with two attached hydrogens (primary N) is 1. The lowest BCUT2D eigenvalue weighted by molar-refractivity contribution is -0.433. The fourth-order valence-corrected chi connectivity index (χ4v) is 3.95. The molecule has 2 N–H and O–H groups in total. The maximum Gasteiger partial charge on any atom is 0.338 e. The number of benzene rings is 1. The van der Waals surface area contributed by atoms with Gasteiger partial charge in [-0.2, -0.15) is 0 Å². The minimum absolute atomic E-state index is 0.0237. The van der Waals surface area contributed by atoms with Crippen LogP contribution in [0.4, 0.5) is 4.39 Å². The molecule has 0 radical (unpaired) electrons. The van der Waals surface area contributed by atoms with E-state index in [-0.39, 0.29) is 35.0 Å². The third kappa shape index (κ3) is 4.75. The lowest BCUT2D eigenvalue weighted by atomic mass is 9.85. The Hall–Kier alpha value is -3.66. The van der Waals surface area contributed by atoms with Crippen LogP contribution < -0.4 is 5.73 Å². The second kappa shape index (κ2) is 9.86. The number of aromatic nitrogens is 1. The van der Waals surface area contributed by atoms with Crippen molar-refractivity contribution in [2.75, 3.05) is 20.7 Å². The van der Waals surface area contributed by atoms with Crippen molar-refractivity contribution >= 4 is 17.6 Å². The van der Waals surface area contributed by atoms with Crippen molar-refractivity contribution in [2.24, 2.45) is 5.73 Å². The highest BCUT2D eigenvalue weighted by Gasteiger charge is 2.46. The van der Waals surface area contributed by atoms with Crippen molar-refractivity contribution in [2.45, 2.75) is 19.4 Å². The van der Waals surface area contributed by atoms with Crippen molar-refractivity contribution in [3.05, 3.63) is 97.7 Å². The standard InChI is InChI=1S/C22H23ClFN5O4/c1-4-28(12-13-8-9-16(23)26-11-13)21-19(29(31)32)17(14-6-5-7-15(24)10-14)18(22(30)33-3)20(25)27(21)2/h5-11,17H,4,12,25H2,1-3H3. The van der Waals surface area contributed by atoms with Crippen LogP contribution >= 0.6 is 11.6 Å². The number of hydrogen-bond acceptors (Lipinski definition) is 8. The Morgan fingerprint density at radius 3 is 2.67 bits per heavy atom. The number of allylic oxidation sites excluding steroid dienone is 1. The zero-order valence-corrected chi connectivity index (χ0v) is 19.0. The molecule has 1 unspecified atom stereocenters. The van der Waals surface area contributed by atoms with E-state index in [1.54, 1.807) is 23.2 Å². The highest BCUT2D eigenvalue weighted by atomic mass is 35.5. The molecule has 174 valence electrons. The number of nitro groups is 1. The van der Waals surface area contributed by atoms with Gasteiger partial charge in [0.15, 0.2) is 5.82 Å². The Balaban J connectivity index is 2.24. The largest absolute Gasteiger partial charge is 0.466 e. The van der Waals surface area contributed by atoms with E-state index in [9.17, 15) is 19.3 Å². The van der Waals surface area contributed by atoms with Gasteiger partial charge >= 0.3 is 5.97 Å². The smallest absolute Gasteiger partial charge is 0.338 e. The number of halogens is 2. The molecule has 0 aliphatic carbocycles. The number of pyridine rings is 1. The Labute approximate surface area is 195 Å². The summed E-state index contributed by atoms with van der Waals surface area (Å²) in [6.07, 6.45) is 1.57. The monoisotopic (exact) mass is 475 g/mol. The third-order valence-electron chi connectivity index (χ3n) is 5.37. The molecule has 1 aliphatic rings. The maximum absolute atomic E-state index is 14.1. The first-order valence-corrected chi connectivity index (χ1v) is 10.4. The Bertz CT molecular complexity index is 1140. The summed E-state index contributed by atoms with van der Waals surface area (Å²) in [5.74, 6) is -2.52. The maximum atomic E-state index is 14.1. The van der Waals surface area contributed by atoms with Crippen molar-refractivity contribution in [3.63, 3.8) is 0 Å². The molecule has 1 aromatic carbocycles. The number of methoxy groups -OCH3 is 1. The molecule has 2 heterocycles. The first-order chi connectivity index (χ1) is 15.7. The summed E-state index contributed by atoms with van der Waals surface area (Å²) in [6, 6.07) is 8.67. The van der Waals surface area contributed by atoms with E-state index in [0.29, 0.717) is 11.7 Å². The summed E-state index contributed by atoms with van der Waals surface area (Å²) in [6.45, 7) is 2.46. The first-order valence-electron chi connectivity index (χ1n) is 10.0. The van der Waals surface area contributed by atoms with E-state index >= 15 is 0 Å². The van der Waals surface area contributed by atoms with Gasteiger partial charge in [0.05, 0.1) is 17.6 Å². The molecule has 1 atom stereocenters. The predicted molar refractivity (Wildman–Crippen MR) is 119 cm³/mol. The van der Waals surface area contributed by atoms with Gasteiger partial charge in [-0.05, 0) is 36.2 Å². The van der Waals surface area contributed by atoms with Gasteiger partial charge in [-0.15, -0.1) is 0 Å². The minimum Gasteiger partial charge on any atom is -0.466 e. The molecular weight excluding hydrogens is 453 g/mol. The summed E-state index contributed by atoms with van der Waals surface area (Å²) in [5.41, 5.74) is 6.84. The van der Waals surface area contributed by atoms with Crippen LogP contribution in [0.3, 0.4) is 0 Å². The number of hydrogen-bond donors (Lipinski definition) is 1. The molecule has 0 amide bonds. The molecule has 0 bridgehead atoms. The van der Waals surface area contributed by atoms with E-state index in [1.807, 2.05) is 6.92 Å². The van der Waals surface area contributed by atoms with Crippen LogP contribution in [-0.2, 0) is 16.1 Å². The lowest BCUT2D eigenvalue weighted by Gasteiger charge is -2.38. The third-order valence-corrected chi connectivity index (χ3v) is 5.60. The van der Waals surface area contributed by atoms with Crippen LogP contribution in [0.1, 0.15) is 24.0 Å². The topological polar surface area (TPSA) is 115 Å². The fourth-order valence-electron chi connectivity index (χ4n) is 3.84. The highest BCUT2D eigenvalue weighted by Crippen LogP contribution is 2.42. The minimum atomic E-state index is -1.24. The first kappa shape index (κ1) is 24.0. The van der Waals surface area contributed by atoms with Gasteiger partial charge in [0.25, 0.3) is 5.70 Å². The molecule has 9 nitrogen and oxygen atoms in total. The highest BCUT2D eigenvalue weighted by molar-refractivity contribution is 6.29. The van der Waals surface area contributed by atoms with Gasteiger partial charge in [-0.1, -0.05) is 29.8 Å². The molecule has 2 aromatic rings. The molecule has 1 aromatic heterocycles. The summed E-state index contributed by atoms with van der Waals surface area (Å²) in [7, 11) is 2.68. The second-order valence-electron chi connectivity index (χ2n) is 7.31. The van der Waals surface area contributed by atoms with E-state index in [0.717, 1.165) is 18.7 Å². The molecule has 33 heavy (non-hydrogen) atoms. The summed E-state index contributed by atoms with van der Waals surface area (Å²) in [4.78, 5) is 31.7. The Kier molecular flexibility index (Phi) is 7.17. The zero-order valence-electron chi connectivity index (χ0n) is 18.3. The molecule has 3 rings (SSSR count). The van der Waals surface area contributed by atoms with Crippen LogP contribution in [-0.4, -0.2) is 46.4 Å². The zero-order chi connectivity index (χ0) is 24.3. The van der Waals surface area contributed by atoms with E-state index in [4.69, 9.17) is 22.1 Å². The average molecular weight is 476 g/mol. The molecule has 0 fully saturated rings. The molecule has 0 spiro atoms. The number of rotatable bonds is 7. The Morgan fingerprint density at radius 1 is 1.39 bits per heavy atom. The van der Waals surface area contributed by atoms with E-state index in [1.165, 1.54) is 30.1 Å². The number of carbonyl (C=O) groups excluding carboxylic acids is 1. The Morgan fingerprint density at radius 2 is 2.12 bits per heavy atom. The van der Waals surface area contributed by atoms with Gasteiger partial charge in [0, 0.05) is 26.3 Å². The quantitative estimate of drug-likeness (QED) is 0.281. The number of esters is 1. The van der Waals surface area contributed by atoms with E-state index in [2.05, 4.69) is 4.98 Å². The van der Waals surface area contributed by atoms with Gasteiger partial charge < -0.3 is 20.3 Å². The van der Waals surface area contributed by atoms with Crippen LogP contribution in [0.2, 0.25) is 5.15 Å². The van der Waals surface area contributed by atoms with Gasteiger partial charge in [0.1, 0.15) is 22.7 Å². The molecule has 0 saturated carbocycles. The van der Waals surface area contributed by atoms with Crippen molar-refractivity contribution < 1.29 is 18.8 Å². The number of ether oxygens (including phenoxy) is 1. The van der Waals surface area contributed by atoms with Crippen LogP contribution in [0, 0.1) is 15.9 Å². The molecule has 1 aliphatic heterocycles. The van der Waals surface area contributed by atoms with Crippen molar-refractivity contribution in [1.82, 2.24) is 14.8 Å². The summed E-state index contributed by atoms with van der Waals surface area (Å²) >= 11 is 5.87. The number of carbonyl (C=O) groups is 1. The van der Waals surface area contributed by atoms with Crippen LogP contribution in [0.15, 0.2) is 65.5 Å². The molecule has 0 saturated heterocycles. The van der Waals surface area contributed by atoms with E-state index < -0.39 is 22.6 Å². The fraction of sp³-hybridized carbons (Fsp3) is 0.273. The number of nitrogens with zero attached hydrogens (tertiary/aromatic N) is 4. The van der Waals surface area contributed by atoms with Gasteiger partial charge in [0.2, 0.25) is 0 Å². The second-order valence-corrected chi connectivity index (χ2v) is 7.69. The predicted octanol–water partition coefficient (Wildman–Crippen LogP) is 3.21. The normalized spacial score (nSPS) is 16.2. The van der Waals surface area contributed by atoms with Gasteiger partial charge in [-0.25, -0.2) is 14.2 Å². The van der Waals surface area contributed by atoms with Crippen LogP contribution in [0.25, 0.3) is 0 Å². The van der Waals surface area contributed by atoms with Gasteiger partial charge in [-0.3, -0.25) is 10.1 Å². The summed E-state index contributed by atoms with van der Waals surface area (Å²) < 4.78 is 19.0.